The van der Waals surface area contributed by atoms with Gasteiger partial charge < -0.3 is 10.1 Å². The largest absolute Gasteiger partial charge is 0.488 e. The zero-order valence-corrected chi connectivity index (χ0v) is 20.6. The lowest BCUT2D eigenvalue weighted by atomic mass is 9.93. The Morgan fingerprint density at radius 1 is 0.944 bits per heavy atom. The van der Waals surface area contributed by atoms with Gasteiger partial charge in [0.05, 0.1) is 5.56 Å². The molecule has 4 aromatic rings. The van der Waals surface area contributed by atoms with E-state index >= 15 is 0 Å². The smallest absolute Gasteiger partial charge is 0.257 e. The Balaban J connectivity index is 1.66. The van der Waals surface area contributed by atoms with Crippen LogP contribution < -0.4 is 10.1 Å². The number of ether oxygens (including phenoxy) is 1. The Morgan fingerprint density at radius 3 is 2.25 bits per heavy atom. The number of ketones is 1. The third-order valence-corrected chi connectivity index (χ3v) is 5.76. The summed E-state index contributed by atoms with van der Waals surface area (Å²) in [4.78, 5) is 28.0. The highest BCUT2D eigenvalue weighted by Gasteiger charge is 2.43. The third-order valence-electron chi connectivity index (χ3n) is 5.76. The van der Waals surface area contributed by atoms with Crippen LogP contribution in [0.15, 0.2) is 84.9 Å². The summed E-state index contributed by atoms with van der Waals surface area (Å²) in [7, 11) is 0. The van der Waals surface area contributed by atoms with Crippen LogP contribution in [0.5, 0.6) is 5.75 Å². The quantitative estimate of drug-likeness (QED) is 0.353. The summed E-state index contributed by atoms with van der Waals surface area (Å²) in [5, 5.41) is 15.8. The standard InChI is InChI=1S/C28H29N5O3/c1-20(2)18-28(21(3)34,33-31-26(30-32-33)23-14-8-5-9-15-23)29-27(35)24-16-10-11-17-25(24)36-19-22-12-6-4-7-13-22/h4-17,20H,18-19H2,1-3H3,(H,29,35). The summed E-state index contributed by atoms with van der Waals surface area (Å²) in [6, 6.07) is 26.0. The van der Waals surface area contributed by atoms with Gasteiger partial charge in [0, 0.05) is 12.0 Å². The maximum Gasteiger partial charge on any atom is 0.257 e. The number of Topliss-reactive ketones (excluding diaryl/α,β-unsaturated/α-hetero) is 1. The van der Waals surface area contributed by atoms with E-state index in [0.717, 1.165) is 11.1 Å². The molecule has 36 heavy (non-hydrogen) atoms. The number of para-hydroxylation sites is 1. The molecule has 0 aliphatic carbocycles. The van der Waals surface area contributed by atoms with Crippen molar-refractivity contribution < 1.29 is 14.3 Å². The summed E-state index contributed by atoms with van der Waals surface area (Å²) >= 11 is 0. The first-order valence-corrected chi connectivity index (χ1v) is 11.8. The maximum absolute atomic E-state index is 13.6. The van der Waals surface area contributed by atoms with Gasteiger partial charge in [-0.2, -0.15) is 0 Å². The minimum Gasteiger partial charge on any atom is -0.488 e. The first-order chi connectivity index (χ1) is 17.4. The molecule has 3 aromatic carbocycles. The number of nitrogens with zero attached hydrogens (tertiary/aromatic N) is 4. The molecule has 4 rings (SSSR count). The molecule has 1 aromatic heterocycles. The van der Waals surface area contributed by atoms with Gasteiger partial charge in [0.1, 0.15) is 12.4 Å². The molecule has 8 heteroatoms. The van der Waals surface area contributed by atoms with Gasteiger partial charge in [-0.25, -0.2) is 0 Å². The van der Waals surface area contributed by atoms with Gasteiger partial charge in [0.25, 0.3) is 5.91 Å². The average Bonchev–Trinajstić information content (AvgIpc) is 3.39. The lowest BCUT2D eigenvalue weighted by molar-refractivity contribution is -0.129. The van der Waals surface area contributed by atoms with Crippen LogP contribution in [0.3, 0.4) is 0 Å². The third kappa shape index (κ3) is 5.49. The molecule has 0 saturated heterocycles. The SMILES string of the molecule is CC(=O)C(CC(C)C)(NC(=O)c1ccccc1OCc1ccccc1)n1nnc(-c2ccccc2)n1. The van der Waals surface area contributed by atoms with Crippen molar-refractivity contribution in [2.24, 2.45) is 5.92 Å². The first-order valence-electron chi connectivity index (χ1n) is 11.8. The van der Waals surface area contributed by atoms with E-state index in [0.29, 0.717) is 23.7 Å². The Hall–Kier alpha value is -4.33. The van der Waals surface area contributed by atoms with Gasteiger partial charge in [-0.1, -0.05) is 86.6 Å². The second kappa shape index (κ2) is 10.9. The lowest BCUT2D eigenvalue weighted by Gasteiger charge is -2.32. The number of tetrazole rings is 1. The van der Waals surface area contributed by atoms with E-state index in [2.05, 4.69) is 20.7 Å². The molecule has 0 aliphatic rings. The van der Waals surface area contributed by atoms with E-state index in [-0.39, 0.29) is 18.1 Å². The molecule has 1 heterocycles. The van der Waals surface area contributed by atoms with Gasteiger partial charge in [0.15, 0.2) is 5.78 Å². The van der Waals surface area contributed by atoms with Gasteiger partial charge >= 0.3 is 0 Å². The predicted octanol–water partition coefficient (Wildman–Crippen LogP) is 4.64. The molecule has 1 N–H and O–H groups in total. The molecule has 1 unspecified atom stereocenters. The van der Waals surface area contributed by atoms with Crippen molar-refractivity contribution >= 4 is 11.7 Å². The van der Waals surface area contributed by atoms with Crippen molar-refractivity contribution in [2.45, 2.75) is 39.5 Å². The van der Waals surface area contributed by atoms with Crippen molar-refractivity contribution in [3.8, 4) is 17.1 Å². The van der Waals surface area contributed by atoms with Crippen LogP contribution in [0.25, 0.3) is 11.4 Å². The van der Waals surface area contributed by atoms with Crippen LogP contribution in [0.1, 0.15) is 43.1 Å². The highest BCUT2D eigenvalue weighted by atomic mass is 16.5. The van der Waals surface area contributed by atoms with Crippen molar-refractivity contribution in [2.75, 3.05) is 0 Å². The second-order valence-electron chi connectivity index (χ2n) is 9.01. The molecular weight excluding hydrogens is 454 g/mol. The van der Waals surface area contributed by atoms with Crippen molar-refractivity contribution in [1.29, 1.82) is 0 Å². The number of carbonyl (C=O) groups is 2. The van der Waals surface area contributed by atoms with Crippen molar-refractivity contribution in [3.05, 3.63) is 96.1 Å². The van der Waals surface area contributed by atoms with Crippen LogP contribution in [0.2, 0.25) is 0 Å². The van der Waals surface area contributed by atoms with E-state index in [1.54, 1.807) is 24.3 Å². The molecule has 184 valence electrons. The zero-order valence-electron chi connectivity index (χ0n) is 20.6. The number of amides is 1. The van der Waals surface area contributed by atoms with Crippen LogP contribution in [-0.2, 0) is 17.1 Å². The number of hydrogen-bond donors (Lipinski definition) is 1. The van der Waals surface area contributed by atoms with Crippen LogP contribution >= 0.6 is 0 Å². The summed E-state index contributed by atoms with van der Waals surface area (Å²) < 4.78 is 5.97. The number of rotatable bonds is 10. The van der Waals surface area contributed by atoms with E-state index in [1.165, 1.54) is 11.7 Å². The Morgan fingerprint density at radius 2 is 1.58 bits per heavy atom. The minimum atomic E-state index is -1.52. The number of hydrogen-bond acceptors (Lipinski definition) is 6. The van der Waals surface area contributed by atoms with Crippen molar-refractivity contribution in [3.63, 3.8) is 0 Å². The number of benzene rings is 3. The predicted molar refractivity (Wildman–Crippen MR) is 136 cm³/mol. The fourth-order valence-corrected chi connectivity index (χ4v) is 4.00. The minimum absolute atomic E-state index is 0.0462. The molecule has 1 atom stereocenters. The molecule has 8 nitrogen and oxygen atoms in total. The molecule has 1 amide bonds. The van der Waals surface area contributed by atoms with Gasteiger partial charge in [-0.05, 0) is 35.8 Å². The summed E-state index contributed by atoms with van der Waals surface area (Å²) in [5.74, 6) is 0.0606. The van der Waals surface area contributed by atoms with Crippen LogP contribution in [-0.4, -0.2) is 31.9 Å². The topological polar surface area (TPSA) is 99.0 Å². The maximum atomic E-state index is 13.6. The zero-order chi connectivity index (χ0) is 25.5. The number of aromatic nitrogens is 4. The summed E-state index contributed by atoms with van der Waals surface area (Å²) in [6.07, 6.45) is 0.283. The fraction of sp³-hybridized carbons (Fsp3) is 0.250. The van der Waals surface area contributed by atoms with Crippen molar-refractivity contribution in [1.82, 2.24) is 25.5 Å². The molecule has 0 bridgehead atoms. The van der Waals surface area contributed by atoms with Crippen LogP contribution in [0.4, 0.5) is 0 Å². The molecule has 0 radical (unpaired) electrons. The number of carbonyl (C=O) groups excluding carboxylic acids is 2. The summed E-state index contributed by atoms with van der Waals surface area (Å²) in [5.41, 5.74) is 0.534. The van der Waals surface area contributed by atoms with E-state index in [9.17, 15) is 9.59 Å². The highest BCUT2D eigenvalue weighted by molar-refractivity contribution is 6.00. The monoisotopic (exact) mass is 483 g/mol. The normalized spacial score (nSPS) is 12.7. The Kier molecular flexibility index (Phi) is 7.53. The Bertz CT molecular complexity index is 1320. The second-order valence-corrected chi connectivity index (χ2v) is 9.01. The fourth-order valence-electron chi connectivity index (χ4n) is 4.00. The summed E-state index contributed by atoms with van der Waals surface area (Å²) in [6.45, 7) is 5.66. The van der Waals surface area contributed by atoms with E-state index < -0.39 is 11.6 Å². The van der Waals surface area contributed by atoms with Gasteiger partial charge in [0.2, 0.25) is 11.5 Å². The molecule has 0 saturated carbocycles. The first kappa shape index (κ1) is 24.8. The molecule has 0 fully saturated rings. The van der Waals surface area contributed by atoms with Gasteiger partial charge in [-0.15, -0.1) is 15.0 Å². The molecule has 0 spiro atoms. The van der Waals surface area contributed by atoms with Gasteiger partial charge in [-0.3, -0.25) is 9.59 Å². The molecule has 0 aliphatic heterocycles. The molecular formula is C28H29N5O3. The van der Waals surface area contributed by atoms with E-state index in [4.69, 9.17) is 4.74 Å². The number of nitrogens with one attached hydrogen (secondary N) is 1. The van der Waals surface area contributed by atoms with E-state index in [1.807, 2.05) is 74.5 Å². The van der Waals surface area contributed by atoms with Crippen LogP contribution in [0, 0.1) is 5.92 Å². The lowest BCUT2D eigenvalue weighted by Crippen LogP contribution is -2.57. The average molecular weight is 484 g/mol. The highest BCUT2D eigenvalue weighted by Crippen LogP contribution is 2.27. The Labute approximate surface area is 210 Å².